The molecule has 4 N–H and O–H groups in total. The summed E-state index contributed by atoms with van der Waals surface area (Å²) in [6, 6.07) is 15.1. The van der Waals surface area contributed by atoms with E-state index in [0.717, 1.165) is 54.7 Å². The third-order valence-corrected chi connectivity index (χ3v) is 4.65. The van der Waals surface area contributed by atoms with Crippen molar-refractivity contribution in [3.05, 3.63) is 71.8 Å². The molecule has 0 bridgehead atoms. The SMILES string of the molecule is COc1ccc(/C(=C/CCCCC/C=C(/NO)c2ccc(OC)cc2)NO)cc1. The number of nitrogens with one attached hydrogen (secondary N) is 2. The Kier molecular flexibility index (Phi) is 9.62. The van der Waals surface area contributed by atoms with Gasteiger partial charge in [-0.25, -0.2) is 0 Å². The van der Waals surface area contributed by atoms with E-state index < -0.39 is 0 Å². The summed E-state index contributed by atoms with van der Waals surface area (Å²) in [5.74, 6) is 1.57. The van der Waals surface area contributed by atoms with Crippen LogP contribution >= 0.6 is 0 Å². The molecule has 2 aromatic rings. The second-order valence-electron chi connectivity index (χ2n) is 6.55. The van der Waals surface area contributed by atoms with E-state index in [9.17, 15) is 10.4 Å². The number of benzene rings is 2. The molecule has 0 radical (unpaired) electrons. The first-order valence-electron chi connectivity index (χ1n) is 9.71. The largest absolute Gasteiger partial charge is 0.497 e. The highest BCUT2D eigenvalue weighted by atomic mass is 16.5. The maximum absolute atomic E-state index is 9.38. The summed E-state index contributed by atoms with van der Waals surface area (Å²) in [7, 11) is 3.25. The van der Waals surface area contributed by atoms with Crippen LogP contribution in [0.25, 0.3) is 11.4 Å². The predicted molar refractivity (Wildman–Crippen MR) is 115 cm³/mol. The topological polar surface area (TPSA) is 83.0 Å². The Morgan fingerprint density at radius 1 is 0.690 bits per heavy atom. The minimum Gasteiger partial charge on any atom is -0.497 e. The summed E-state index contributed by atoms with van der Waals surface area (Å²) >= 11 is 0. The molecule has 0 atom stereocenters. The van der Waals surface area contributed by atoms with Gasteiger partial charge >= 0.3 is 0 Å². The van der Waals surface area contributed by atoms with E-state index in [1.54, 1.807) is 14.2 Å². The Morgan fingerprint density at radius 2 is 1.07 bits per heavy atom. The van der Waals surface area contributed by atoms with Crippen LogP contribution in [-0.2, 0) is 0 Å². The minimum atomic E-state index is 0.693. The molecule has 0 spiro atoms. The van der Waals surface area contributed by atoms with Crippen LogP contribution in [0, 0.1) is 0 Å². The predicted octanol–water partition coefficient (Wildman–Crippen LogP) is 4.99. The Balaban J connectivity index is 1.76. The fraction of sp³-hybridized carbons (Fsp3) is 0.304. The van der Waals surface area contributed by atoms with E-state index in [1.807, 2.05) is 60.7 Å². The quantitative estimate of drug-likeness (QED) is 0.298. The van der Waals surface area contributed by atoms with Crippen LogP contribution in [0.4, 0.5) is 0 Å². The lowest BCUT2D eigenvalue weighted by Gasteiger charge is -2.08. The summed E-state index contributed by atoms with van der Waals surface area (Å²) < 4.78 is 10.3. The van der Waals surface area contributed by atoms with Gasteiger partial charge in [0, 0.05) is 0 Å². The van der Waals surface area contributed by atoms with Crippen LogP contribution in [0.15, 0.2) is 60.7 Å². The van der Waals surface area contributed by atoms with Crippen LogP contribution < -0.4 is 20.4 Å². The highest BCUT2D eigenvalue weighted by molar-refractivity contribution is 5.64. The fourth-order valence-corrected chi connectivity index (χ4v) is 2.96. The lowest BCUT2D eigenvalue weighted by molar-refractivity contribution is 0.224. The van der Waals surface area contributed by atoms with Gasteiger partial charge in [0.25, 0.3) is 0 Å². The molecule has 0 aliphatic carbocycles. The van der Waals surface area contributed by atoms with Gasteiger partial charge < -0.3 is 9.47 Å². The molecule has 6 heteroatoms. The van der Waals surface area contributed by atoms with Crippen LogP contribution in [0.5, 0.6) is 11.5 Å². The van der Waals surface area contributed by atoms with Crippen molar-refractivity contribution in [2.45, 2.75) is 32.1 Å². The van der Waals surface area contributed by atoms with E-state index in [-0.39, 0.29) is 0 Å². The third kappa shape index (κ3) is 7.18. The van der Waals surface area contributed by atoms with Crippen molar-refractivity contribution in [3.8, 4) is 11.5 Å². The molecule has 0 fully saturated rings. The van der Waals surface area contributed by atoms with E-state index in [1.165, 1.54) is 0 Å². The summed E-state index contributed by atoms with van der Waals surface area (Å²) in [6.07, 6.45) is 8.80. The zero-order valence-electron chi connectivity index (χ0n) is 17.0. The Hall–Kier alpha value is -2.96. The van der Waals surface area contributed by atoms with Crippen LogP contribution in [0.2, 0.25) is 0 Å². The van der Waals surface area contributed by atoms with Gasteiger partial charge in [-0.2, -0.15) is 0 Å². The molecule has 29 heavy (non-hydrogen) atoms. The smallest absolute Gasteiger partial charge is 0.118 e. The number of methoxy groups -OCH3 is 2. The highest BCUT2D eigenvalue weighted by Crippen LogP contribution is 2.19. The van der Waals surface area contributed by atoms with Gasteiger partial charge in [-0.1, -0.05) is 18.6 Å². The third-order valence-electron chi connectivity index (χ3n) is 4.65. The molecule has 0 aliphatic heterocycles. The molecule has 0 aliphatic rings. The van der Waals surface area contributed by atoms with Crippen molar-refractivity contribution < 1.29 is 19.9 Å². The number of hydrogen-bond acceptors (Lipinski definition) is 6. The zero-order valence-corrected chi connectivity index (χ0v) is 17.0. The fourth-order valence-electron chi connectivity index (χ4n) is 2.96. The molecule has 0 aromatic heterocycles. The second-order valence-corrected chi connectivity index (χ2v) is 6.55. The maximum Gasteiger partial charge on any atom is 0.118 e. The Labute approximate surface area is 172 Å². The number of hydroxylamine groups is 2. The molecule has 2 aromatic carbocycles. The highest BCUT2D eigenvalue weighted by Gasteiger charge is 2.02. The van der Waals surface area contributed by atoms with Gasteiger partial charge in [-0.3, -0.25) is 21.4 Å². The van der Waals surface area contributed by atoms with Gasteiger partial charge in [0.05, 0.1) is 25.6 Å². The van der Waals surface area contributed by atoms with E-state index in [4.69, 9.17) is 9.47 Å². The molecule has 156 valence electrons. The van der Waals surface area contributed by atoms with E-state index in [0.29, 0.717) is 11.4 Å². The number of unbranched alkanes of at least 4 members (excludes halogenated alkanes) is 4. The van der Waals surface area contributed by atoms with Gasteiger partial charge in [0.1, 0.15) is 11.5 Å². The summed E-state index contributed by atoms with van der Waals surface area (Å²) in [6.45, 7) is 0. The minimum absolute atomic E-state index is 0.693. The summed E-state index contributed by atoms with van der Waals surface area (Å²) in [4.78, 5) is 0. The van der Waals surface area contributed by atoms with Crippen molar-refractivity contribution in [2.75, 3.05) is 14.2 Å². The van der Waals surface area contributed by atoms with Crippen molar-refractivity contribution >= 4 is 11.4 Å². The number of rotatable bonds is 12. The Bertz CT molecular complexity index is 716. The van der Waals surface area contributed by atoms with E-state index in [2.05, 4.69) is 11.0 Å². The number of allylic oxidation sites excluding steroid dienone is 2. The van der Waals surface area contributed by atoms with E-state index >= 15 is 0 Å². The molecule has 0 saturated carbocycles. The van der Waals surface area contributed by atoms with Gasteiger partial charge in [-0.05, 0) is 85.3 Å². The standard InChI is InChI=1S/C23H30N2O4/c1-28-20-14-10-18(11-15-20)22(24-26)8-6-4-3-5-7-9-23(25-27)19-12-16-21(29-2)17-13-19/h8-17,24-27H,3-7H2,1-2H3/b22-8-,23-9+. The van der Waals surface area contributed by atoms with Gasteiger partial charge in [0.15, 0.2) is 0 Å². The average Bonchev–Trinajstić information content (AvgIpc) is 2.78. The van der Waals surface area contributed by atoms with Crippen LogP contribution in [0.1, 0.15) is 43.2 Å². The molecule has 2 rings (SSSR count). The van der Waals surface area contributed by atoms with Gasteiger partial charge in [-0.15, -0.1) is 0 Å². The maximum atomic E-state index is 9.38. The lowest BCUT2D eigenvalue weighted by Crippen LogP contribution is -2.05. The molecule has 0 unspecified atom stereocenters. The molecule has 6 nitrogen and oxygen atoms in total. The average molecular weight is 399 g/mol. The summed E-state index contributed by atoms with van der Waals surface area (Å²) in [5.41, 5.74) is 7.75. The Morgan fingerprint density at radius 3 is 1.38 bits per heavy atom. The second kappa shape index (κ2) is 12.5. The molecular weight excluding hydrogens is 368 g/mol. The molecular formula is C23H30N2O4. The van der Waals surface area contributed by atoms with Crippen molar-refractivity contribution in [3.63, 3.8) is 0 Å². The normalized spacial score (nSPS) is 11.9. The zero-order chi connectivity index (χ0) is 20.9. The first-order valence-corrected chi connectivity index (χ1v) is 9.71. The van der Waals surface area contributed by atoms with Crippen molar-refractivity contribution in [2.24, 2.45) is 0 Å². The van der Waals surface area contributed by atoms with Crippen molar-refractivity contribution in [1.82, 2.24) is 11.0 Å². The van der Waals surface area contributed by atoms with Crippen LogP contribution in [-0.4, -0.2) is 24.6 Å². The first-order chi connectivity index (χ1) is 14.2. The lowest BCUT2D eigenvalue weighted by atomic mass is 10.1. The first kappa shape index (κ1) is 22.3. The monoisotopic (exact) mass is 398 g/mol. The number of hydrogen-bond donors (Lipinski definition) is 4. The molecule has 0 heterocycles. The van der Waals surface area contributed by atoms with Crippen LogP contribution in [0.3, 0.4) is 0 Å². The molecule has 0 saturated heterocycles. The number of ether oxygens (including phenoxy) is 2. The summed E-state index contributed by atoms with van der Waals surface area (Å²) in [5, 5.41) is 18.8. The van der Waals surface area contributed by atoms with Crippen molar-refractivity contribution in [1.29, 1.82) is 0 Å². The molecule has 0 amide bonds. The van der Waals surface area contributed by atoms with Gasteiger partial charge in [0.2, 0.25) is 0 Å².